The summed E-state index contributed by atoms with van der Waals surface area (Å²) in [6, 6.07) is 8.82. The number of nitrogens with one attached hydrogen (secondary N) is 2. The molecule has 0 bridgehead atoms. The van der Waals surface area contributed by atoms with E-state index in [0.29, 0.717) is 32.7 Å². The molecule has 1 aromatic rings. The lowest BCUT2D eigenvalue weighted by Gasteiger charge is -2.27. The normalized spacial score (nSPS) is 16.0. The van der Waals surface area contributed by atoms with Crippen LogP contribution in [-0.2, 0) is 25.5 Å². The molecule has 0 spiro atoms. The number of amides is 2. The number of benzene rings is 1. The molecule has 2 N–H and O–H groups in total. The van der Waals surface area contributed by atoms with Crippen LogP contribution in [0.15, 0.2) is 30.3 Å². The van der Waals surface area contributed by atoms with Crippen molar-refractivity contribution in [2.75, 3.05) is 39.4 Å². The van der Waals surface area contributed by atoms with Gasteiger partial charge in [-0.25, -0.2) is 0 Å². The highest BCUT2D eigenvalue weighted by molar-refractivity contribution is 5.88. The molecule has 135 valence electrons. The second-order valence-electron chi connectivity index (χ2n) is 5.88. The summed E-state index contributed by atoms with van der Waals surface area (Å²) in [4.78, 5) is 37.0. The molecule has 1 fully saturated rings. The van der Waals surface area contributed by atoms with Crippen LogP contribution in [0.3, 0.4) is 0 Å². The fourth-order valence-corrected chi connectivity index (χ4v) is 2.62. The molecule has 25 heavy (non-hydrogen) atoms. The molecule has 0 aliphatic carbocycles. The van der Waals surface area contributed by atoms with Crippen molar-refractivity contribution in [3.8, 4) is 0 Å². The zero-order valence-corrected chi connectivity index (χ0v) is 14.2. The number of morpholine rings is 1. The van der Waals surface area contributed by atoms with E-state index in [9.17, 15) is 14.4 Å². The van der Waals surface area contributed by atoms with Crippen molar-refractivity contribution in [3.63, 3.8) is 0 Å². The summed E-state index contributed by atoms with van der Waals surface area (Å²) in [5, 5.41) is 5.47. The molecule has 1 saturated heterocycles. The van der Waals surface area contributed by atoms with Gasteiger partial charge in [0.05, 0.1) is 19.8 Å². The van der Waals surface area contributed by atoms with Gasteiger partial charge in [-0.1, -0.05) is 30.3 Å². The molecule has 1 aliphatic heterocycles. The first-order valence-electron chi connectivity index (χ1n) is 8.45. The van der Waals surface area contributed by atoms with Crippen molar-refractivity contribution >= 4 is 18.1 Å². The van der Waals surface area contributed by atoms with Crippen molar-refractivity contribution in [2.24, 2.45) is 0 Å². The lowest BCUT2D eigenvalue weighted by atomic mass is 10.1. The van der Waals surface area contributed by atoms with E-state index in [2.05, 4.69) is 10.6 Å². The van der Waals surface area contributed by atoms with Crippen molar-refractivity contribution in [1.29, 1.82) is 0 Å². The van der Waals surface area contributed by atoms with Gasteiger partial charge in [-0.15, -0.1) is 0 Å². The molecule has 7 heteroatoms. The summed E-state index contributed by atoms with van der Waals surface area (Å²) >= 11 is 0. The van der Waals surface area contributed by atoms with E-state index < -0.39 is 6.04 Å². The van der Waals surface area contributed by atoms with Crippen LogP contribution in [0.2, 0.25) is 0 Å². The standard InChI is InChI=1S/C18H24N3O4/c22-10-4-7-19-18(24)16(13-15-5-2-1-3-6-15)20-17(23)14-21-8-11-25-12-9-21/h1-3,5-6,16H,4,7-9,11-14H2,(H,19,24)(H,20,23)/t16-/m0/s1. The van der Waals surface area contributed by atoms with Gasteiger partial charge in [0.1, 0.15) is 6.04 Å². The Bertz CT molecular complexity index is 559. The van der Waals surface area contributed by atoms with Gasteiger partial charge in [-0.2, -0.15) is 0 Å². The van der Waals surface area contributed by atoms with Crippen LogP contribution in [0.1, 0.15) is 12.0 Å². The highest BCUT2D eigenvalue weighted by Crippen LogP contribution is 2.04. The highest BCUT2D eigenvalue weighted by atomic mass is 16.5. The highest BCUT2D eigenvalue weighted by Gasteiger charge is 2.22. The molecular formula is C18H24N3O4. The van der Waals surface area contributed by atoms with E-state index in [1.54, 1.807) is 6.29 Å². The summed E-state index contributed by atoms with van der Waals surface area (Å²) in [7, 11) is 0. The molecule has 2 rings (SSSR count). The Hall–Kier alpha value is -2.25. The fourth-order valence-electron chi connectivity index (χ4n) is 2.62. The number of hydrogen-bond acceptors (Lipinski definition) is 5. The molecule has 0 aromatic heterocycles. The largest absolute Gasteiger partial charge is 0.379 e. The first-order chi connectivity index (χ1) is 12.2. The first kappa shape index (κ1) is 19.1. The maximum absolute atomic E-state index is 12.4. The molecule has 1 aromatic carbocycles. The third kappa shape index (κ3) is 7.03. The number of carbonyl (C=O) groups excluding carboxylic acids is 3. The van der Waals surface area contributed by atoms with Crippen molar-refractivity contribution < 1.29 is 19.1 Å². The number of ether oxygens (including phenoxy) is 1. The average molecular weight is 346 g/mol. The first-order valence-corrected chi connectivity index (χ1v) is 8.45. The SMILES string of the molecule is O=[C]CCNC(=O)[C@H](Cc1ccccc1)NC(=O)CN1CCOCC1. The van der Waals surface area contributed by atoms with Crippen molar-refractivity contribution in [2.45, 2.75) is 18.9 Å². The maximum Gasteiger partial charge on any atom is 0.242 e. The molecule has 7 nitrogen and oxygen atoms in total. The Morgan fingerprint density at radius 1 is 1.20 bits per heavy atom. The van der Waals surface area contributed by atoms with Gasteiger partial charge in [-0.05, 0) is 5.56 Å². The van der Waals surface area contributed by atoms with Gasteiger partial charge in [-0.3, -0.25) is 19.3 Å². The van der Waals surface area contributed by atoms with Gasteiger partial charge >= 0.3 is 0 Å². The summed E-state index contributed by atoms with van der Waals surface area (Å²) in [6.07, 6.45) is 2.26. The van der Waals surface area contributed by atoms with Gasteiger partial charge in [0.15, 0.2) is 6.29 Å². The van der Waals surface area contributed by atoms with Gasteiger partial charge in [0, 0.05) is 32.5 Å². The zero-order chi connectivity index (χ0) is 17.9. The monoisotopic (exact) mass is 346 g/mol. The fraction of sp³-hybridized carbons (Fsp3) is 0.500. The third-order valence-corrected chi connectivity index (χ3v) is 3.93. The van der Waals surface area contributed by atoms with Crippen molar-refractivity contribution in [3.05, 3.63) is 35.9 Å². The lowest BCUT2D eigenvalue weighted by molar-refractivity contribution is -0.130. The quantitative estimate of drug-likeness (QED) is 0.598. The summed E-state index contributed by atoms with van der Waals surface area (Å²) in [5.41, 5.74) is 0.955. The van der Waals surface area contributed by atoms with Crippen LogP contribution < -0.4 is 10.6 Å². The van der Waals surface area contributed by atoms with E-state index in [-0.39, 0.29) is 31.3 Å². The van der Waals surface area contributed by atoms with Gasteiger partial charge < -0.3 is 15.4 Å². The minimum atomic E-state index is -0.678. The molecule has 2 amide bonds. The summed E-state index contributed by atoms with van der Waals surface area (Å²) < 4.78 is 5.27. The number of nitrogens with zero attached hydrogens (tertiary/aromatic N) is 1. The Morgan fingerprint density at radius 3 is 2.60 bits per heavy atom. The zero-order valence-electron chi connectivity index (χ0n) is 14.2. The minimum Gasteiger partial charge on any atom is -0.379 e. The predicted octanol–water partition coefficient (Wildman–Crippen LogP) is -0.338. The molecule has 1 atom stereocenters. The molecule has 0 unspecified atom stereocenters. The second kappa shape index (κ2) is 10.6. The van der Waals surface area contributed by atoms with Crippen LogP contribution >= 0.6 is 0 Å². The van der Waals surface area contributed by atoms with E-state index >= 15 is 0 Å². The Morgan fingerprint density at radius 2 is 1.92 bits per heavy atom. The Kier molecular flexibility index (Phi) is 8.08. The molecule has 1 radical (unpaired) electrons. The summed E-state index contributed by atoms with van der Waals surface area (Å²) in [5.74, 6) is -0.491. The minimum absolute atomic E-state index is 0.130. The van der Waals surface area contributed by atoms with E-state index in [4.69, 9.17) is 4.74 Å². The summed E-state index contributed by atoms with van der Waals surface area (Å²) in [6.45, 7) is 3.10. The topological polar surface area (TPSA) is 87.7 Å². The van der Waals surface area contributed by atoms with Crippen LogP contribution in [0, 0.1) is 0 Å². The van der Waals surface area contributed by atoms with E-state index in [1.807, 2.05) is 35.2 Å². The van der Waals surface area contributed by atoms with Crippen molar-refractivity contribution in [1.82, 2.24) is 15.5 Å². The molecule has 1 aliphatic rings. The van der Waals surface area contributed by atoms with Crippen LogP contribution in [0.25, 0.3) is 0 Å². The predicted molar refractivity (Wildman–Crippen MR) is 92.7 cm³/mol. The average Bonchev–Trinajstić information content (AvgIpc) is 2.63. The number of rotatable bonds is 9. The molecular weight excluding hydrogens is 322 g/mol. The second-order valence-corrected chi connectivity index (χ2v) is 5.88. The maximum atomic E-state index is 12.4. The Labute approximate surface area is 147 Å². The molecule has 1 heterocycles. The smallest absolute Gasteiger partial charge is 0.242 e. The number of carbonyl (C=O) groups is 2. The molecule has 0 saturated carbocycles. The Balaban J connectivity index is 1.93. The lowest BCUT2D eigenvalue weighted by Crippen LogP contribution is -2.51. The van der Waals surface area contributed by atoms with E-state index in [1.165, 1.54) is 0 Å². The third-order valence-electron chi connectivity index (χ3n) is 3.93. The van der Waals surface area contributed by atoms with Crippen LogP contribution in [0.5, 0.6) is 0 Å². The van der Waals surface area contributed by atoms with E-state index in [0.717, 1.165) is 5.56 Å². The van der Waals surface area contributed by atoms with Crippen LogP contribution in [-0.4, -0.2) is 68.4 Å². The van der Waals surface area contributed by atoms with Crippen LogP contribution in [0.4, 0.5) is 0 Å². The number of hydrogen-bond donors (Lipinski definition) is 2. The van der Waals surface area contributed by atoms with Gasteiger partial charge in [0.2, 0.25) is 11.8 Å². The van der Waals surface area contributed by atoms with Gasteiger partial charge in [0.25, 0.3) is 0 Å².